The third-order valence-electron chi connectivity index (χ3n) is 12.5. The van der Waals surface area contributed by atoms with Crippen molar-refractivity contribution in [2.45, 2.75) is 57.8 Å². The monoisotopic (exact) mass is 725 g/mol. The summed E-state index contributed by atoms with van der Waals surface area (Å²) in [5, 5.41) is 2.57. The molecule has 56 heavy (non-hydrogen) atoms. The molecule has 5 aromatic carbocycles. The first-order valence-electron chi connectivity index (χ1n) is 20.3. The second kappa shape index (κ2) is 13.8. The predicted octanol–water partition coefficient (Wildman–Crippen LogP) is 14.1. The third-order valence-corrected chi connectivity index (χ3v) is 12.5. The number of hydrogen-bond acceptors (Lipinski definition) is 2. The Hall–Kier alpha value is -6.19. The molecule has 2 atom stereocenters. The van der Waals surface area contributed by atoms with Crippen LogP contribution in [-0.2, 0) is 5.41 Å². The Bertz CT molecular complexity index is 2740. The van der Waals surface area contributed by atoms with Crippen LogP contribution in [0.1, 0.15) is 69.1 Å². The highest BCUT2D eigenvalue weighted by molar-refractivity contribution is 6.11. The Morgan fingerprint density at radius 2 is 1.57 bits per heavy atom. The number of hydrogen-bond donors (Lipinski definition) is 0. The van der Waals surface area contributed by atoms with Crippen LogP contribution < -0.4 is 4.90 Å². The average Bonchev–Trinajstić information content (AvgIpc) is 3.41. The molecule has 2 unspecified atom stereocenters. The Morgan fingerprint density at radius 3 is 2.45 bits per heavy atom. The normalized spacial score (nSPS) is 19.8. The van der Waals surface area contributed by atoms with Crippen LogP contribution in [0.3, 0.4) is 0 Å². The molecule has 0 saturated heterocycles. The molecule has 6 aromatic rings. The molecule has 0 N–H and O–H groups in total. The first-order chi connectivity index (χ1) is 27.4. The van der Waals surface area contributed by atoms with Crippen LogP contribution >= 0.6 is 0 Å². The lowest BCUT2D eigenvalue weighted by Gasteiger charge is -2.29. The van der Waals surface area contributed by atoms with Crippen molar-refractivity contribution in [1.29, 1.82) is 0 Å². The number of anilines is 2. The molecule has 3 aliphatic carbocycles. The van der Waals surface area contributed by atoms with Crippen LogP contribution in [0, 0.1) is 5.92 Å². The zero-order valence-electron chi connectivity index (χ0n) is 32.5. The van der Waals surface area contributed by atoms with Gasteiger partial charge in [0.15, 0.2) is 0 Å². The highest BCUT2D eigenvalue weighted by Gasteiger charge is 2.42. The van der Waals surface area contributed by atoms with Crippen LogP contribution in [-0.4, -0.2) is 10.8 Å². The van der Waals surface area contributed by atoms with E-state index >= 15 is 0 Å². The van der Waals surface area contributed by atoms with Crippen LogP contribution in [0.5, 0.6) is 0 Å². The molecule has 0 bridgehead atoms. The van der Waals surface area contributed by atoms with Gasteiger partial charge < -0.3 is 9.47 Å². The lowest BCUT2D eigenvalue weighted by Crippen LogP contribution is -2.19. The van der Waals surface area contributed by atoms with Crippen molar-refractivity contribution in [1.82, 2.24) is 4.57 Å². The first kappa shape index (κ1) is 34.3. The molecule has 3 nitrogen and oxygen atoms in total. The van der Waals surface area contributed by atoms with E-state index in [2.05, 4.69) is 187 Å². The number of benzene rings is 5. The maximum atomic E-state index is 4.40. The van der Waals surface area contributed by atoms with E-state index in [1.54, 1.807) is 0 Å². The van der Waals surface area contributed by atoms with Gasteiger partial charge >= 0.3 is 0 Å². The van der Waals surface area contributed by atoms with Crippen molar-refractivity contribution in [3.8, 4) is 11.1 Å². The van der Waals surface area contributed by atoms with Crippen molar-refractivity contribution >= 4 is 50.7 Å². The standard InChI is InChI=1S/C53H47N3/c1-36-20-25-42(26-21-36)56-51-19-7-5-16-47(51)48-34-40(24-29-52(48)56)38-22-27-41(28-23-38)55(43-13-8-11-39(33-43)37-12-10-31-54-32-30-37)44-14-9-17-46-45-15-4-6-18-49(45)53(2,3)50(46)35-44/h4-8,10-16,18-20,22-29,31-36,46H,9,17,21,30H2,1-3H3. The molecule has 0 amide bonds. The lowest BCUT2D eigenvalue weighted by atomic mass is 9.80. The predicted molar refractivity (Wildman–Crippen MR) is 238 cm³/mol. The molecular weight excluding hydrogens is 679 g/mol. The Morgan fingerprint density at radius 1 is 0.750 bits per heavy atom. The first-order valence-corrected chi connectivity index (χ1v) is 20.3. The topological polar surface area (TPSA) is 20.5 Å². The van der Waals surface area contributed by atoms with Gasteiger partial charge in [-0.2, -0.15) is 0 Å². The van der Waals surface area contributed by atoms with Gasteiger partial charge in [-0.3, -0.25) is 4.99 Å². The van der Waals surface area contributed by atoms with E-state index < -0.39 is 0 Å². The van der Waals surface area contributed by atoms with E-state index in [4.69, 9.17) is 0 Å². The molecule has 2 heterocycles. The third kappa shape index (κ3) is 5.85. The van der Waals surface area contributed by atoms with Gasteiger partial charge in [-0.15, -0.1) is 0 Å². The zero-order valence-corrected chi connectivity index (χ0v) is 32.5. The van der Waals surface area contributed by atoms with Crippen LogP contribution in [0.2, 0.25) is 0 Å². The molecule has 0 radical (unpaired) electrons. The molecule has 1 aliphatic heterocycles. The quantitative estimate of drug-likeness (QED) is 0.167. The van der Waals surface area contributed by atoms with E-state index in [-0.39, 0.29) is 5.41 Å². The number of para-hydroxylation sites is 1. The fourth-order valence-electron chi connectivity index (χ4n) is 9.60. The maximum Gasteiger partial charge on any atom is 0.0541 e. The summed E-state index contributed by atoms with van der Waals surface area (Å²) in [6, 6.07) is 43.2. The molecular formula is C53H47N3. The Labute approximate surface area is 330 Å². The van der Waals surface area contributed by atoms with Gasteiger partial charge in [0.2, 0.25) is 0 Å². The fourth-order valence-corrected chi connectivity index (χ4v) is 9.60. The molecule has 0 spiro atoms. The SMILES string of the molecule is CC1C=CC(n2c3ccccc3c3cc(-c4ccc(N(C5=CCCC6C(=C5)C(C)(C)c5ccccc56)c5cccc(C6=CC=CN=CC6)c5)cc4)ccc32)=CC1. The number of allylic oxidation sites excluding steroid dienone is 10. The van der Waals surface area contributed by atoms with Gasteiger partial charge in [-0.05, 0) is 119 Å². The Kier molecular flexibility index (Phi) is 8.48. The summed E-state index contributed by atoms with van der Waals surface area (Å²) in [6.45, 7) is 7.10. The summed E-state index contributed by atoms with van der Waals surface area (Å²) >= 11 is 0. The Balaban J connectivity index is 1.07. The second-order valence-electron chi connectivity index (χ2n) is 16.4. The summed E-state index contributed by atoms with van der Waals surface area (Å²) < 4.78 is 2.43. The summed E-state index contributed by atoms with van der Waals surface area (Å²) in [5.74, 6) is 1.01. The van der Waals surface area contributed by atoms with Crippen molar-refractivity contribution in [2.75, 3.05) is 4.90 Å². The molecule has 10 rings (SSSR count). The molecule has 1 aromatic heterocycles. The fraction of sp³-hybridized carbons (Fsp3) is 0.189. The largest absolute Gasteiger partial charge is 0.311 e. The molecule has 0 fully saturated rings. The van der Waals surface area contributed by atoms with E-state index in [1.807, 2.05) is 18.5 Å². The van der Waals surface area contributed by atoms with Gasteiger partial charge in [0.1, 0.15) is 0 Å². The molecule has 0 saturated carbocycles. The lowest BCUT2D eigenvalue weighted by molar-refractivity contribution is 0.602. The molecule has 4 aliphatic rings. The van der Waals surface area contributed by atoms with Crippen LogP contribution in [0.4, 0.5) is 11.4 Å². The molecule has 274 valence electrons. The summed E-state index contributed by atoms with van der Waals surface area (Å²) in [4.78, 5) is 6.87. The number of aromatic nitrogens is 1. The van der Waals surface area contributed by atoms with Crippen molar-refractivity contribution in [2.24, 2.45) is 10.9 Å². The van der Waals surface area contributed by atoms with Gasteiger partial charge in [0.05, 0.1) is 11.0 Å². The van der Waals surface area contributed by atoms with E-state index in [9.17, 15) is 0 Å². The van der Waals surface area contributed by atoms with Crippen molar-refractivity contribution in [3.05, 3.63) is 192 Å². The number of nitrogens with zero attached hydrogens (tertiary/aromatic N) is 3. The highest BCUT2D eigenvalue weighted by atomic mass is 15.1. The summed E-state index contributed by atoms with van der Waals surface area (Å²) in [6.07, 6.45) is 24.1. The number of aliphatic imine (C=N–C) groups is 1. The smallest absolute Gasteiger partial charge is 0.0541 e. The zero-order chi connectivity index (χ0) is 37.8. The minimum atomic E-state index is -0.0388. The average molecular weight is 726 g/mol. The van der Waals surface area contributed by atoms with E-state index in [0.29, 0.717) is 11.8 Å². The van der Waals surface area contributed by atoms with Crippen molar-refractivity contribution in [3.63, 3.8) is 0 Å². The van der Waals surface area contributed by atoms with Gasteiger partial charge in [0, 0.05) is 63.7 Å². The second-order valence-corrected chi connectivity index (χ2v) is 16.4. The highest BCUT2D eigenvalue weighted by Crippen LogP contribution is 2.53. The van der Waals surface area contributed by atoms with Crippen molar-refractivity contribution < 1.29 is 0 Å². The summed E-state index contributed by atoms with van der Waals surface area (Å²) in [5.41, 5.74) is 16.7. The molecule has 3 heteroatoms. The maximum absolute atomic E-state index is 4.40. The van der Waals surface area contributed by atoms with Gasteiger partial charge in [-0.25, -0.2) is 0 Å². The van der Waals surface area contributed by atoms with E-state index in [0.717, 1.165) is 37.1 Å². The van der Waals surface area contributed by atoms with Gasteiger partial charge in [0.25, 0.3) is 0 Å². The summed E-state index contributed by atoms with van der Waals surface area (Å²) in [7, 11) is 0. The van der Waals surface area contributed by atoms with Gasteiger partial charge in [-0.1, -0.05) is 123 Å². The van der Waals surface area contributed by atoms with E-state index in [1.165, 1.54) is 72.2 Å². The number of fused-ring (bicyclic) bond motifs is 6. The minimum absolute atomic E-state index is 0.0388. The van der Waals surface area contributed by atoms with Crippen LogP contribution in [0.15, 0.2) is 180 Å². The van der Waals surface area contributed by atoms with Crippen LogP contribution in [0.25, 0.3) is 44.2 Å². The number of rotatable bonds is 6. The minimum Gasteiger partial charge on any atom is -0.311 e.